The van der Waals surface area contributed by atoms with Gasteiger partial charge in [0.2, 0.25) is 10.0 Å². The molecule has 3 rings (SSSR count). The smallest absolute Gasteiger partial charge is 0.293 e. The lowest BCUT2D eigenvalue weighted by molar-refractivity contribution is -0.384. The molecule has 0 N–H and O–H groups in total. The number of hydrogen-bond acceptors (Lipinski definition) is 7. The van der Waals surface area contributed by atoms with Gasteiger partial charge in [0, 0.05) is 50.2 Å². The third kappa shape index (κ3) is 3.81. The van der Waals surface area contributed by atoms with Crippen molar-refractivity contribution < 1.29 is 18.1 Å². The highest BCUT2D eigenvalue weighted by Crippen LogP contribution is 2.31. The van der Waals surface area contributed by atoms with E-state index in [9.17, 15) is 23.3 Å². The summed E-state index contributed by atoms with van der Waals surface area (Å²) in [5, 5.41) is 11.4. The standard InChI is InChI=1S/C17H18N4O5S/c1-13(22)14-4-5-16(17(11-14)21(23)24)19-7-9-20(10-8-19)27(25,26)15-3-2-6-18-12-15/h2-6,11-12H,7-10H2,1H3. The van der Waals surface area contributed by atoms with Crippen molar-refractivity contribution in [3.8, 4) is 0 Å². The molecule has 0 radical (unpaired) electrons. The third-order valence-electron chi connectivity index (χ3n) is 4.43. The van der Waals surface area contributed by atoms with Crippen LogP contribution in [0.4, 0.5) is 11.4 Å². The van der Waals surface area contributed by atoms with Crippen molar-refractivity contribution in [2.24, 2.45) is 0 Å². The molecule has 0 amide bonds. The van der Waals surface area contributed by atoms with Gasteiger partial charge in [0.05, 0.1) is 4.92 Å². The maximum absolute atomic E-state index is 12.6. The van der Waals surface area contributed by atoms with E-state index in [1.165, 1.54) is 35.8 Å². The second-order valence-corrected chi connectivity index (χ2v) is 8.03. The maximum Gasteiger partial charge on any atom is 0.293 e. The summed E-state index contributed by atoms with van der Waals surface area (Å²) in [6.07, 6.45) is 2.80. The number of Topliss-reactive ketones (excluding diaryl/α,β-unsaturated/α-hetero) is 1. The van der Waals surface area contributed by atoms with E-state index in [4.69, 9.17) is 0 Å². The Bertz CT molecular complexity index is 970. The van der Waals surface area contributed by atoms with Crippen LogP contribution in [0.15, 0.2) is 47.6 Å². The number of aromatic nitrogens is 1. The van der Waals surface area contributed by atoms with Gasteiger partial charge in [-0.05, 0) is 31.2 Å². The van der Waals surface area contributed by atoms with Gasteiger partial charge in [0.15, 0.2) is 5.78 Å². The topological polar surface area (TPSA) is 114 Å². The first-order valence-corrected chi connectivity index (χ1v) is 9.69. The molecule has 27 heavy (non-hydrogen) atoms. The molecule has 0 bridgehead atoms. The SMILES string of the molecule is CC(=O)c1ccc(N2CCN(S(=O)(=O)c3cccnc3)CC2)c([N+](=O)[O-])c1. The molecule has 1 aliphatic rings. The number of rotatable bonds is 5. The number of carbonyl (C=O) groups excluding carboxylic acids is 1. The van der Waals surface area contributed by atoms with Crippen LogP contribution >= 0.6 is 0 Å². The fourth-order valence-corrected chi connectivity index (χ4v) is 4.36. The Balaban J connectivity index is 1.80. The highest BCUT2D eigenvalue weighted by atomic mass is 32.2. The molecular weight excluding hydrogens is 372 g/mol. The maximum atomic E-state index is 12.6. The minimum absolute atomic E-state index is 0.121. The van der Waals surface area contributed by atoms with Crippen LogP contribution in [0.5, 0.6) is 0 Å². The number of sulfonamides is 1. The van der Waals surface area contributed by atoms with Crippen molar-refractivity contribution in [2.75, 3.05) is 31.1 Å². The molecule has 1 aliphatic heterocycles. The Kier molecular flexibility index (Phi) is 5.19. The fraction of sp³-hybridized carbons (Fsp3) is 0.294. The third-order valence-corrected chi connectivity index (χ3v) is 6.31. The molecule has 1 fully saturated rings. The van der Waals surface area contributed by atoms with Crippen molar-refractivity contribution in [1.82, 2.24) is 9.29 Å². The highest BCUT2D eigenvalue weighted by Gasteiger charge is 2.31. The number of piperazine rings is 1. The van der Waals surface area contributed by atoms with Crippen LogP contribution in [-0.2, 0) is 10.0 Å². The highest BCUT2D eigenvalue weighted by molar-refractivity contribution is 7.89. The summed E-state index contributed by atoms with van der Waals surface area (Å²) in [6.45, 7) is 2.35. The van der Waals surface area contributed by atoms with Crippen molar-refractivity contribution in [3.63, 3.8) is 0 Å². The molecule has 0 unspecified atom stereocenters. The number of pyridine rings is 1. The Hall–Kier alpha value is -2.85. The molecule has 10 heteroatoms. The van der Waals surface area contributed by atoms with Crippen LogP contribution in [0, 0.1) is 10.1 Å². The lowest BCUT2D eigenvalue weighted by atomic mass is 10.1. The number of ketones is 1. The van der Waals surface area contributed by atoms with Crippen LogP contribution in [0.3, 0.4) is 0 Å². The molecule has 1 saturated heterocycles. The predicted molar refractivity (Wildman–Crippen MR) is 98.3 cm³/mol. The van der Waals surface area contributed by atoms with Crippen molar-refractivity contribution in [3.05, 3.63) is 58.4 Å². The summed E-state index contributed by atoms with van der Waals surface area (Å²) < 4.78 is 26.6. The summed E-state index contributed by atoms with van der Waals surface area (Å²) in [6, 6.07) is 7.39. The first-order chi connectivity index (χ1) is 12.8. The van der Waals surface area contributed by atoms with Gasteiger partial charge >= 0.3 is 0 Å². The predicted octanol–water partition coefficient (Wildman–Crippen LogP) is 1.70. The molecule has 1 aromatic carbocycles. The summed E-state index contributed by atoms with van der Waals surface area (Å²) in [5.41, 5.74) is 0.484. The summed E-state index contributed by atoms with van der Waals surface area (Å²) >= 11 is 0. The van der Waals surface area contributed by atoms with Crippen LogP contribution in [0.1, 0.15) is 17.3 Å². The van der Waals surface area contributed by atoms with E-state index in [1.54, 1.807) is 23.1 Å². The van der Waals surface area contributed by atoms with Crippen molar-refractivity contribution in [2.45, 2.75) is 11.8 Å². The molecule has 0 saturated carbocycles. The average molecular weight is 390 g/mol. The Labute approximate surface area is 156 Å². The Morgan fingerprint density at radius 1 is 1.19 bits per heavy atom. The first-order valence-electron chi connectivity index (χ1n) is 8.25. The van der Waals surface area contributed by atoms with E-state index in [0.29, 0.717) is 18.8 Å². The van der Waals surface area contributed by atoms with E-state index in [1.807, 2.05) is 0 Å². The van der Waals surface area contributed by atoms with E-state index < -0.39 is 14.9 Å². The number of hydrogen-bond donors (Lipinski definition) is 0. The van der Waals surface area contributed by atoms with Gasteiger partial charge in [-0.3, -0.25) is 19.9 Å². The van der Waals surface area contributed by atoms with Gasteiger partial charge in [0.25, 0.3) is 5.69 Å². The number of nitro groups is 1. The number of nitrogens with zero attached hydrogens (tertiary/aromatic N) is 4. The molecule has 2 heterocycles. The fourth-order valence-electron chi connectivity index (χ4n) is 2.97. The minimum Gasteiger partial charge on any atom is -0.363 e. The van der Waals surface area contributed by atoms with Gasteiger partial charge in [-0.2, -0.15) is 4.31 Å². The molecule has 142 valence electrons. The summed E-state index contributed by atoms with van der Waals surface area (Å²) in [7, 11) is -3.65. The number of carbonyl (C=O) groups is 1. The second-order valence-electron chi connectivity index (χ2n) is 6.10. The Morgan fingerprint density at radius 2 is 1.89 bits per heavy atom. The van der Waals surface area contributed by atoms with Crippen LogP contribution in [-0.4, -0.2) is 54.6 Å². The summed E-state index contributed by atoms with van der Waals surface area (Å²) in [4.78, 5) is 28.1. The normalized spacial score (nSPS) is 15.5. The number of benzene rings is 1. The lowest BCUT2D eigenvalue weighted by Gasteiger charge is -2.35. The molecule has 0 aliphatic carbocycles. The van der Waals surface area contributed by atoms with Crippen molar-refractivity contribution >= 4 is 27.2 Å². The van der Waals surface area contributed by atoms with Crippen molar-refractivity contribution in [1.29, 1.82) is 0 Å². The second kappa shape index (κ2) is 7.41. The van der Waals surface area contributed by atoms with E-state index >= 15 is 0 Å². The zero-order valence-electron chi connectivity index (χ0n) is 14.6. The molecule has 0 atom stereocenters. The van der Waals surface area contributed by atoms with Crippen LogP contribution in [0.25, 0.3) is 0 Å². The van der Waals surface area contributed by atoms with Gasteiger partial charge in [-0.25, -0.2) is 8.42 Å². The van der Waals surface area contributed by atoms with Gasteiger partial charge in [-0.1, -0.05) is 0 Å². The molecule has 9 nitrogen and oxygen atoms in total. The van der Waals surface area contributed by atoms with E-state index in [-0.39, 0.29) is 35.0 Å². The van der Waals surface area contributed by atoms with Gasteiger partial charge in [-0.15, -0.1) is 0 Å². The zero-order chi connectivity index (χ0) is 19.6. The van der Waals surface area contributed by atoms with Gasteiger partial charge < -0.3 is 4.90 Å². The largest absolute Gasteiger partial charge is 0.363 e. The van der Waals surface area contributed by atoms with Gasteiger partial charge in [0.1, 0.15) is 10.6 Å². The summed E-state index contributed by atoms with van der Waals surface area (Å²) in [5.74, 6) is -0.253. The number of nitro benzene ring substituents is 1. The average Bonchev–Trinajstić information content (AvgIpc) is 2.68. The molecule has 1 aromatic heterocycles. The minimum atomic E-state index is -3.65. The Morgan fingerprint density at radius 3 is 2.44 bits per heavy atom. The van der Waals surface area contributed by atoms with E-state index in [2.05, 4.69) is 4.98 Å². The first kappa shape index (κ1) is 18.9. The molecule has 0 spiro atoms. The van der Waals surface area contributed by atoms with Crippen LogP contribution < -0.4 is 4.90 Å². The lowest BCUT2D eigenvalue weighted by Crippen LogP contribution is -2.48. The van der Waals surface area contributed by atoms with Crippen LogP contribution in [0.2, 0.25) is 0 Å². The van der Waals surface area contributed by atoms with E-state index in [0.717, 1.165) is 0 Å². The monoisotopic (exact) mass is 390 g/mol. The number of anilines is 1. The molecule has 2 aromatic rings. The zero-order valence-corrected chi connectivity index (χ0v) is 15.4. The molecular formula is C17H18N4O5S. The quantitative estimate of drug-likeness (QED) is 0.434.